The Morgan fingerprint density at radius 1 is 1.17 bits per heavy atom. The molecule has 0 bridgehead atoms. The van der Waals surface area contributed by atoms with E-state index in [0.717, 1.165) is 0 Å². The van der Waals surface area contributed by atoms with Crippen molar-refractivity contribution in [1.82, 2.24) is 5.32 Å². The molecule has 0 radical (unpaired) electrons. The van der Waals surface area contributed by atoms with E-state index in [0.29, 0.717) is 6.54 Å². The molecule has 1 aromatic rings. The van der Waals surface area contributed by atoms with Crippen LogP contribution >= 0.6 is 0 Å². The predicted molar refractivity (Wildman–Crippen MR) is 75.5 cm³/mol. The number of hydrogen-bond acceptors (Lipinski definition) is 2. The molecule has 3 nitrogen and oxygen atoms in total. The highest BCUT2D eigenvalue weighted by molar-refractivity contribution is 5.85. The first-order chi connectivity index (χ1) is 8.13. The van der Waals surface area contributed by atoms with Crippen LogP contribution in [0.4, 0.5) is 0 Å². The lowest BCUT2D eigenvalue weighted by Gasteiger charge is -2.28. The Morgan fingerprint density at radius 2 is 1.67 bits per heavy atom. The minimum atomic E-state index is -0.830. The maximum absolute atomic E-state index is 11.8. The van der Waals surface area contributed by atoms with E-state index < -0.39 is 5.54 Å². The SMILES string of the molecule is Cc1ccc(C(C)(C)CNC(=O)C(C)(C)N)cc1. The Kier molecular flexibility index (Phi) is 4.17. The molecule has 0 heterocycles. The number of nitrogens with two attached hydrogens (primary N) is 1. The summed E-state index contributed by atoms with van der Waals surface area (Å²) in [7, 11) is 0. The molecule has 3 N–H and O–H groups in total. The van der Waals surface area contributed by atoms with Crippen molar-refractivity contribution in [3.63, 3.8) is 0 Å². The summed E-state index contributed by atoms with van der Waals surface area (Å²) in [6.07, 6.45) is 0. The molecule has 1 amide bonds. The smallest absolute Gasteiger partial charge is 0.239 e. The maximum Gasteiger partial charge on any atom is 0.239 e. The van der Waals surface area contributed by atoms with Crippen LogP contribution in [0.5, 0.6) is 0 Å². The summed E-state index contributed by atoms with van der Waals surface area (Å²) in [5.41, 5.74) is 7.27. The van der Waals surface area contributed by atoms with Crippen LogP contribution < -0.4 is 11.1 Å². The Morgan fingerprint density at radius 3 is 2.11 bits per heavy atom. The van der Waals surface area contributed by atoms with Gasteiger partial charge in [0.05, 0.1) is 5.54 Å². The molecule has 0 unspecified atom stereocenters. The minimum absolute atomic E-state index is 0.103. The molecule has 0 saturated heterocycles. The molecule has 0 fully saturated rings. The van der Waals surface area contributed by atoms with E-state index in [9.17, 15) is 4.79 Å². The molecule has 1 aromatic carbocycles. The second-order valence-electron chi connectivity index (χ2n) is 6.15. The van der Waals surface area contributed by atoms with E-state index in [2.05, 4.69) is 50.4 Å². The summed E-state index contributed by atoms with van der Waals surface area (Å²) in [6.45, 7) is 10.3. The molecule has 1 rings (SSSR count). The van der Waals surface area contributed by atoms with Gasteiger partial charge in [0.2, 0.25) is 5.91 Å². The number of nitrogens with one attached hydrogen (secondary N) is 1. The Bertz CT molecular complexity index is 413. The molecular weight excluding hydrogens is 224 g/mol. The van der Waals surface area contributed by atoms with E-state index in [1.165, 1.54) is 11.1 Å². The topological polar surface area (TPSA) is 55.1 Å². The highest BCUT2D eigenvalue weighted by atomic mass is 16.2. The van der Waals surface area contributed by atoms with Crippen molar-refractivity contribution >= 4 is 5.91 Å². The van der Waals surface area contributed by atoms with Crippen LogP contribution in [-0.2, 0) is 10.2 Å². The number of carbonyl (C=O) groups is 1. The van der Waals surface area contributed by atoms with Gasteiger partial charge in [-0.1, -0.05) is 43.7 Å². The Balaban J connectivity index is 2.71. The highest BCUT2D eigenvalue weighted by Crippen LogP contribution is 2.22. The van der Waals surface area contributed by atoms with Gasteiger partial charge in [-0.25, -0.2) is 0 Å². The summed E-state index contributed by atoms with van der Waals surface area (Å²) >= 11 is 0. The number of carbonyl (C=O) groups excluding carboxylic acids is 1. The second-order valence-corrected chi connectivity index (χ2v) is 6.15. The first-order valence-electron chi connectivity index (χ1n) is 6.27. The fourth-order valence-electron chi connectivity index (χ4n) is 1.64. The van der Waals surface area contributed by atoms with Gasteiger partial charge < -0.3 is 11.1 Å². The lowest BCUT2D eigenvalue weighted by molar-refractivity contribution is -0.125. The van der Waals surface area contributed by atoms with Crippen molar-refractivity contribution in [2.24, 2.45) is 5.73 Å². The van der Waals surface area contributed by atoms with Crippen molar-refractivity contribution in [2.45, 2.75) is 45.6 Å². The maximum atomic E-state index is 11.8. The van der Waals surface area contributed by atoms with Gasteiger partial charge in [0.15, 0.2) is 0 Å². The molecule has 3 heteroatoms. The number of aryl methyl sites for hydroxylation is 1. The minimum Gasteiger partial charge on any atom is -0.354 e. The molecule has 0 spiro atoms. The van der Waals surface area contributed by atoms with E-state index >= 15 is 0 Å². The molecule has 0 saturated carbocycles. The zero-order valence-electron chi connectivity index (χ0n) is 12.0. The summed E-state index contributed by atoms with van der Waals surface area (Å²) in [6, 6.07) is 8.39. The van der Waals surface area contributed by atoms with E-state index in [4.69, 9.17) is 5.73 Å². The number of benzene rings is 1. The fourth-order valence-corrected chi connectivity index (χ4v) is 1.64. The summed E-state index contributed by atoms with van der Waals surface area (Å²) in [5, 5.41) is 2.91. The molecule has 0 atom stereocenters. The van der Waals surface area contributed by atoms with Gasteiger partial charge >= 0.3 is 0 Å². The zero-order valence-corrected chi connectivity index (χ0v) is 12.0. The third-order valence-corrected chi connectivity index (χ3v) is 3.11. The summed E-state index contributed by atoms with van der Waals surface area (Å²) in [5.74, 6) is -0.123. The lowest BCUT2D eigenvalue weighted by Crippen LogP contribution is -2.51. The first kappa shape index (κ1) is 14.7. The van der Waals surface area contributed by atoms with Crippen LogP contribution in [0, 0.1) is 6.92 Å². The Hall–Kier alpha value is -1.35. The van der Waals surface area contributed by atoms with Gasteiger partial charge in [0, 0.05) is 12.0 Å². The average Bonchev–Trinajstić information content (AvgIpc) is 2.25. The summed E-state index contributed by atoms with van der Waals surface area (Å²) < 4.78 is 0. The average molecular weight is 248 g/mol. The van der Waals surface area contributed by atoms with Gasteiger partial charge in [0.25, 0.3) is 0 Å². The number of rotatable bonds is 4. The Labute approximate surface area is 110 Å². The molecule has 18 heavy (non-hydrogen) atoms. The molecule has 0 aliphatic heterocycles. The first-order valence-corrected chi connectivity index (χ1v) is 6.27. The largest absolute Gasteiger partial charge is 0.354 e. The predicted octanol–water partition coefficient (Wildman–Crippen LogP) is 2.13. The van der Waals surface area contributed by atoms with Gasteiger partial charge in [-0.2, -0.15) is 0 Å². The van der Waals surface area contributed by atoms with Crippen molar-refractivity contribution < 1.29 is 4.79 Å². The van der Waals surface area contributed by atoms with Crippen molar-refractivity contribution in [3.8, 4) is 0 Å². The van der Waals surface area contributed by atoms with Crippen LogP contribution in [0.2, 0.25) is 0 Å². The van der Waals surface area contributed by atoms with Gasteiger partial charge in [-0.3, -0.25) is 4.79 Å². The van der Waals surface area contributed by atoms with E-state index in [-0.39, 0.29) is 11.3 Å². The van der Waals surface area contributed by atoms with Crippen molar-refractivity contribution in [2.75, 3.05) is 6.54 Å². The van der Waals surface area contributed by atoms with Crippen LogP contribution in [0.3, 0.4) is 0 Å². The molecule has 0 aromatic heterocycles. The third-order valence-electron chi connectivity index (χ3n) is 3.11. The third kappa shape index (κ3) is 3.84. The highest BCUT2D eigenvalue weighted by Gasteiger charge is 2.26. The molecule has 100 valence electrons. The van der Waals surface area contributed by atoms with Gasteiger partial charge in [-0.15, -0.1) is 0 Å². The lowest BCUT2D eigenvalue weighted by atomic mass is 9.84. The number of amides is 1. The molecule has 0 aliphatic rings. The van der Waals surface area contributed by atoms with E-state index in [1.807, 2.05) is 0 Å². The van der Waals surface area contributed by atoms with Gasteiger partial charge in [-0.05, 0) is 26.3 Å². The standard InChI is InChI=1S/C15H24N2O/c1-11-6-8-12(9-7-11)14(2,3)10-17-13(18)15(4,5)16/h6-9H,10,16H2,1-5H3,(H,17,18). The fraction of sp³-hybridized carbons (Fsp3) is 0.533. The van der Waals surface area contributed by atoms with Crippen LogP contribution in [0.15, 0.2) is 24.3 Å². The second kappa shape index (κ2) is 5.11. The van der Waals surface area contributed by atoms with Crippen LogP contribution in [0.1, 0.15) is 38.8 Å². The molecule has 0 aliphatic carbocycles. The van der Waals surface area contributed by atoms with Crippen LogP contribution in [-0.4, -0.2) is 18.0 Å². The quantitative estimate of drug-likeness (QED) is 0.857. The normalized spacial score (nSPS) is 12.3. The molecular formula is C15H24N2O. The number of hydrogen-bond donors (Lipinski definition) is 2. The van der Waals surface area contributed by atoms with Crippen LogP contribution in [0.25, 0.3) is 0 Å². The van der Waals surface area contributed by atoms with Gasteiger partial charge in [0.1, 0.15) is 0 Å². The van der Waals surface area contributed by atoms with E-state index in [1.54, 1.807) is 13.8 Å². The summed E-state index contributed by atoms with van der Waals surface area (Å²) in [4.78, 5) is 11.8. The van der Waals surface area contributed by atoms with Crippen molar-refractivity contribution in [1.29, 1.82) is 0 Å². The monoisotopic (exact) mass is 248 g/mol. The van der Waals surface area contributed by atoms with Crippen molar-refractivity contribution in [3.05, 3.63) is 35.4 Å². The zero-order chi connectivity index (χ0) is 14.0.